The van der Waals surface area contributed by atoms with Crippen molar-refractivity contribution in [2.45, 2.75) is 27.5 Å². The molecule has 1 rings (SSSR count). The molecule has 0 atom stereocenters. The summed E-state index contributed by atoms with van der Waals surface area (Å²) in [7, 11) is 2.16. The molecule has 1 N–H and O–H groups in total. The molecule has 0 aromatic rings. The Bertz CT molecular complexity index is 59.5. The molecule has 1 aliphatic heterocycles. The van der Waals surface area contributed by atoms with E-state index in [1.807, 2.05) is 0 Å². The quantitative estimate of drug-likeness (QED) is 0.722. The van der Waals surface area contributed by atoms with Gasteiger partial charge in [-0.15, -0.1) is 0 Å². The zero-order valence-electron chi connectivity index (χ0n) is 5.48. The van der Waals surface area contributed by atoms with E-state index < -0.39 is 22.0 Å². The molecule has 0 radical (unpaired) electrons. The fraction of sp³-hybridized carbons (Fsp3) is 1.00. The van der Waals surface area contributed by atoms with Crippen LogP contribution >= 0.6 is 0 Å². The van der Waals surface area contributed by atoms with Crippen LogP contribution < -0.4 is 3.26 Å². The number of hydrogen-bond acceptors (Lipinski definition) is 1. The van der Waals surface area contributed by atoms with Crippen molar-refractivity contribution >= 4 is 22.0 Å². The van der Waals surface area contributed by atoms with Gasteiger partial charge in [0.15, 0.2) is 0 Å². The third-order valence-electron chi connectivity index (χ3n) is 1.67. The van der Waals surface area contributed by atoms with Gasteiger partial charge in [-0.2, -0.15) is 0 Å². The van der Waals surface area contributed by atoms with Crippen molar-refractivity contribution in [3.8, 4) is 0 Å². The van der Waals surface area contributed by atoms with Gasteiger partial charge in [0.1, 0.15) is 0 Å². The van der Waals surface area contributed by atoms with E-state index in [-0.39, 0.29) is 0 Å². The van der Waals surface area contributed by atoms with Crippen LogP contribution in [0.3, 0.4) is 0 Å². The van der Waals surface area contributed by atoms with Crippen LogP contribution in [0.25, 0.3) is 0 Å². The molecule has 1 fully saturated rings. The van der Waals surface area contributed by atoms with Crippen LogP contribution in [0.1, 0.15) is 19.3 Å². The van der Waals surface area contributed by atoms with Gasteiger partial charge in [-0.3, -0.25) is 0 Å². The predicted octanol–water partition coefficient (Wildman–Crippen LogP) is 1.38. The van der Waals surface area contributed by atoms with Crippen LogP contribution in [0.5, 0.6) is 0 Å². The maximum atomic E-state index is 3.51. The maximum absolute atomic E-state index is 3.51. The van der Waals surface area contributed by atoms with E-state index in [1.54, 1.807) is 8.26 Å². The Kier molecular flexibility index (Phi) is 3.30. The van der Waals surface area contributed by atoms with E-state index in [0.717, 1.165) is 0 Å². The Labute approximate surface area is 59.9 Å². The van der Waals surface area contributed by atoms with Crippen molar-refractivity contribution in [3.05, 3.63) is 0 Å². The summed E-state index contributed by atoms with van der Waals surface area (Å²) in [6.07, 6.45) is 4.56. The van der Waals surface area contributed by atoms with Crippen molar-refractivity contribution in [1.82, 2.24) is 3.26 Å². The molecule has 1 nitrogen and oxygen atoms in total. The first-order valence-corrected chi connectivity index (χ1v) is 10.0. The van der Waals surface area contributed by atoms with Crippen molar-refractivity contribution in [2.24, 2.45) is 0 Å². The molecule has 0 saturated carbocycles. The molecule has 0 aromatic carbocycles. The van der Waals surface area contributed by atoms with Gasteiger partial charge < -0.3 is 0 Å². The molecule has 1 saturated heterocycles. The van der Waals surface area contributed by atoms with Gasteiger partial charge in [0, 0.05) is 0 Å². The summed E-state index contributed by atoms with van der Waals surface area (Å²) in [5.41, 5.74) is 0. The third kappa shape index (κ3) is 1.99. The van der Waals surface area contributed by atoms with Crippen molar-refractivity contribution in [1.29, 1.82) is 0 Å². The van der Waals surface area contributed by atoms with E-state index in [4.69, 9.17) is 0 Å². The van der Waals surface area contributed by atoms with Gasteiger partial charge in [-0.25, -0.2) is 0 Å². The van der Waals surface area contributed by atoms with Crippen molar-refractivity contribution < 1.29 is 0 Å². The minimum absolute atomic E-state index is 0.912. The molecule has 0 amide bonds. The van der Waals surface area contributed by atoms with E-state index in [0.29, 0.717) is 0 Å². The van der Waals surface area contributed by atoms with Crippen LogP contribution in [-0.4, -0.2) is 29.1 Å². The van der Waals surface area contributed by atoms with Gasteiger partial charge in [0.05, 0.1) is 0 Å². The van der Waals surface area contributed by atoms with Crippen LogP contribution in [0.4, 0.5) is 0 Å². The SMILES string of the molecule is C[NH][Bi]1[CH2]CCC[CH2]1. The van der Waals surface area contributed by atoms with E-state index in [9.17, 15) is 0 Å². The second-order valence-electron chi connectivity index (χ2n) is 2.27. The Morgan fingerprint density at radius 2 is 1.75 bits per heavy atom. The minimum atomic E-state index is -0.912. The summed E-state index contributed by atoms with van der Waals surface area (Å²) in [6.45, 7) is 0. The molecule has 48 valence electrons. The summed E-state index contributed by atoms with van der Waals surface area (Å²) in [6, 6.07) is 0. The van der Waals surface area contributed by atoms with Gasteiger partial charge in [0.2, 0.25) is 0 Å². The number of hydrogen-bond donors (Lipinski definition) is 1. The molecule has 2 heteroatoms. The van der Waals surface area contributed by atoms with Gasteiger partial charge in [-0.05, 0) is 0 Å². The predicted molar refractivity (Wildman–Crippen MR) is 38.3 cm³/mol. The molecule has 1 heterocycles. The zero-order valence-corrected chi connectivity index (χ0v) is 8.96. The molecular formula is C6H14BiN. The summed E-state index contributed by atoms with van der Waals surface area (Å²) < 4.78 is 6.71. The number of rotatable bonds is 1. The first kappa shape index (κ1) is 6.96. The second kappa shape index (κ2) is 3.79. The van der Waals surface area contributed by atoms with Gasteiger partial charge >= 0.3 is 59.9 Å². The topological polar surface area (TPSA) is 12.0 Å². The molecular weight excluding hydrogens is 295 g/mol. The normalized spacial score (nSPS) is 23.6. The second-order valence-corrected chi connectivity index (χ2v) is 11.7. The molecule has 0 aliphatic carbocycles. The average molecular weight is 309 g/mol. The Balaban J connectivity index is 2.13. The molecule has 0 unspecified atom stereocenters. The van der Waals surface area contributed by atoms with Crippen LogP contribution in [0.15, 0.2) is 0 Å². The first-order valence-electron chi connectivity index (χ1n) is 3.36. The van der Waals surface area contributed by atoms with Crippen LogP contribution in [0, 0.1) is 0 Å². The third-order valence-corrected chi connectivity index (χ3v) is 10.8. The Morgan fingerprint density at radius 3 is 2.12 bits per heavy atom. The zero-order chi connectivity index (χ0) is 5.82. The summed E-state index contributed by atoms with van der Waals surface area (Å²) >= 11 is -0.912. The standard InChI is InChI=1S/C5H10.CH4N.Bi/c1-3-5-4-2;1-2;/h1-5H2;2H,1H3;/q;-1;+1. The summed E-state index contributed by atoms with van der Waals surface area (Å²) in [5.74, 6) is 0. The fourth-order valence-corrected chi connectivity index (χ4v) is 8.43. The molecule has 0 aromatic heterocycles. The van der Waals surface area contributed by atoms with E-state index >= 15 is 0 Å². The monoisotopic (exact) mass is 309 g/mol. The molecule has 0 spiro atoms. The van der Waals surface area contributed by atoms with Gasteiger partial charge in [-0.1, -0.05) is 0 Å². The van der Waals surface area contributed by atoms with Crippen molar-refractivity contribution in [2.75, 3.05) is 7.05 Å². The Hall–Kier alpha value is 0.843. The summed E-state index contributed by atoms with van der Waals surface area (Å²) in [4.78, 5) is 0. The number of nitrogens with one attached hydrogen (secondary N) is 1. The summed E-state index contributed by atoms with van der Waals surface area (Å²) in [5, 5.41) is 0. The van der Waals surface area contributed by atoms with Crippen LogP contribution in [0.2, 0.25) is 8.26 Å². The Morgan fingerprint density at radius 1 is 1.12 bits per heavy atom. The van der Waals surface area contributed by atoms with Crippen LogP contribution in [-0.2, 0) is 0 Å². The van der Waals surface area contributed by atoms with E-state index in [1.165, 1.54) is 19.3 Å². The van der Waals surface area contributed by atoms with Gasteiger partial charge in [0.25, 0.3) is 0 Å². The average Bonchev–Trinajstić information content (AvgIpc) is 1.90. The molecule has 0 bridgehead atoms. The van der Waals surface area contributed by atoms with Crippen molar-refractivity contribution in [3.63, 3.8) is 0 Å². The first-order chi connectivity index (χ1) is 3.93. The molecule has 8 heavy (non-hydrogen) atoms. The van der Waals surface area contributed by atoms with E-state index in [2.05, 4.69) is 10.3 Å². The fourth-order valence-electron chi connectivity index (χ4n) is 1.12. The molecule has 1 aliphatic rings.